The molecular weight excluding hydrogens is 238 g/mol. The Morgan fingerprint density at radius 2 is 2.11 bits per heavy atom. The molecule has 0 amide bonds. The quantitative estimate of drug-likeness (QED) is 0.481. The third kappa shape index (κ3) is 1.62. The number of carbonyl (C=O) groups excluding carboxylic acids is 2. The van der Waals surface area contributed by atoms with Gasteiger partial charge in [0.05, 0.1) is 14.2 Å². The molecule has 0 radical (unpaired) electrons. The van der Waals surface area contributed by atoms with Gasteiger partial charge in [-0.2, -0.15) is 0 Å². The van der Waals surface area contributed by atoms with E-state index in [1.807, 2.05) is 0 Å². The molecular formula is C12H11NO5. The summed E-state index contributed by atoms with van der Waals surface area (Å²) >= 11 is 0. The minimum Gasteiger partial charge on any atom is -0.496 e. The topological polar surface area (TPSA) is 85.2 Å². The Balaban J connectivity index is 2.67. The molecule has 1 N–H and O–H groups in total. The van der Waals surface area contributed by atoms with E-state index in [4.69, 9.17) is 9.94 Å². The SMILES string of the molecule is COC(=O)c1c(OC)ccc2c1CC(=NO)C2=O. The first kappa shape index (κ1) is 12.1. The lowest BCUT2D eigenvalue weighted by Gasteiger charge is -2.10. The highest BCUT2D eigenvalue weighted by Crippen LogP contribution is 2.31. The number of Topliss-reactive ketones (excluding diaryl/α,β-unsaturated/α-hetero) is 1. The summed E-state index contributed by atoms with van der Waals surface area (Å²) in [7, 11) is 2.67. The number of nitrogens with zero attached hydrogens (tertiary/aromatic N) is 1. The maximum absolute atomic E-state index is 11.8. The van der Waals surface area contributed by atoms with Gasteiger partial charge in [-0.25, -0.2) is 4.79 Å². The first-order chi connectivity index (χ1) is 8.63. The van der Waals surface area contributed by atoms with Gasteiger partial charge >= 0.3 is 5.97 Å². The van der Waals surface area contributed by atoms with Crippen LogP contribution < -0.4 is 4.74 Å². The molecule has 18 heavy (non-hydrogen) atoms. The smallest absolute Gasteiger partial charge is 0.341 e. The summed E-state index contributed by atoms with van der Waals surface area (Å²) in [5, 5.41) is 11.7. The van der Waals surface area contributed by atoms with Gasteiger partial charge < -0.3 is 14.7 Å². The van der Waals surface area contributed by atoms with E-state index >= 15 is 0 Å². The van der Waals surface area contributed by atoms with Crippen LogP contribution in [0, 0.1) is 0 Å². The van der Waals surface area contributed by atoms with Crippen LogP contribution in [0.1, 0.15) is 26.3 Å². The van der Waals surface area contributed by atoms with E-state index in [-0.39, 0.29) is 23.5 Å². The van der Waals surface area contributed by atoms with Crippen LogP contribution in [0.3, 0.4) is 0 Å². The molecule has 6 heteroatoms. The van der Waals surface area contributed by atoms with Gasteiger partial charge in [0.15, 0.2) is 0 Å². The van der Waals surface area contributed by atoms with Crippen molar-refractivity contribution >= 4 is 17.5 Å². The van der Waals surface area contributed by atoms with E-state index in [0.29, 0.717) is 16.9 Å². The second kappa shape index (κ2) is 4.48. The second-order valence-corrected chi connectivity index (χ2v) is 3.71. The highest BCUT2D eigenvalue weighted by Gasteiger charge is 2.33. The zero-order valence-electron chi connectivity index (χ0n) is 9.89. The number of benzene rings is 1. The molecule has 1 aliphatic rings. The van der Waals surface area contributed by atoms with Crippen LogP contribution in [0.5, 0.6) is 5.75 Å². The summed E-state index contributed by atoms with van der Waals surface area (Å²) in [6.45, 7) is 0. The molecule has 1 aliphatic carbocycles. The van der Waals surface area contributed by atoms with Crippen molar-refractivity contribution in [2.75, 3.05) is 14.2 Å². The van der Waals surface area contributed by atoms with Gasteiger partial charge in [-0.1, -0.05) is 5.16 Å². The van der Waals surface area contributed by atoms with E-state index in [1.165, 1.54) is 20.3 Å². The molecule has 0 saturated carbocycles. The Labute approximate surface area is 103 Å². The lowest BCUT2D eigenvalue weighted by Crippen LogP contribution is -2.08. The third-order valence-corrected chi connectivity index (χ3v) is 2.86. The maximum Gasteiger partial charge on any atom is 0.341 e. The van der Waals surface area contributed by atoms with Crippen LogP contribution in [-0.2, 0) is 11.2 Å². The summed E-state index contributed by atoms with van der Waals surface area (Å²) in [5.41, 5.74) is 1.01. The van der Waals surface area contributed by atoms with Crippen LogP contribution in [0.25, 0.3) is 0 Å². The van der Waals surface area contributed by atoms with Gasteiger partial charge in [0.2, 0.25) is 5.78 Å². The van der Waals surface area contributed by atoms with Crippen molar-refractivity contribution in [1.29, 1.82) is 0 Å². The standard InChI is InChI=1S/C12H11NO5/c1-17-9-4-3-6-7(10(9)12(15)18-2)5-8(13-16)11(6)14/h3-4,16H,5H2,1-2H3. The fraction of sp³-hybridized carbons (Fsp3) is 0.250. The fourth-order valence-corrected chi connectivity index (χ4v) is 2.00. The molecule has 0 aliphatic heterocycles. The van der Waals surface area contributed by atoms with E-state index in [0.717, 1.165) is 0 Å². The highest BCUT2D eigenvalue weighted by atomic mass is 16.5. The number of fused-ring (bicyclic) bond motifs is 1. The number of oxime groups is 1. The molecule has 94 valence electrons. The van der Waals surface area contributed by atoms with Gasteiger partial charge in [0, 0.05) is 12.0 Å². The maximum atomic E-state index is 11.8. The van der Waals surface area contributed by atoms with Crippen molar-refractivity contribution in [3.8, 4) is 5.75 Å². The Kier molecular flexibility index (Phi) is 3.01. The summed E-state index contributed by atoms with van der Waals surface area (Å²) < 4.78 is 9.76. The van der Waals surface area contributed by atoms with Crippen molar-refractivity contribution < 1.29 is 24.3 Å². The lowest BCUT2D eigenvalue weighted by molar-refractivity contribution is 0.0596. The third-order valence-electron chi connectivity index (χ3n) is 2.86. The van der Waals surface area contributed by atoms with Crippen molar-refractivity contribution in [1.82, 2.24) is 0 Å². The molecule has 6 nitrogen and oxygen atoms in total. The van der Waals surface area contributed by atoms with Gasteiger partial charge in [-0.05, 0) is 17.7 Å². The largest absolute Gasteiger partial charge is 0.496 e. The fourth-order valence-electron chi connectivity index (χ4n) is 2.00. The number of hydrogen-bond donors (Lipinski definition) is 1. The Morgan fingerprint density at radius 1 is 1.39 bits per heavy atom. The first-order valence-corrected chi connectivity index (χ1v) is 5.17. The van der Waals surface area contributed by atoms with Crippen molar-refractivity contribution in [3.63, 3.8) is 0 Å². The normalized spacial score (nSPS) is 15.7. The Morgan fingerprint density at radius 3 is 2.67 bits per heavy atom. The van der Waals surface area contributed by atoms with Gasteiger partial charge in [-0.3, -0.25) is 4.79 Å². The number of ether oxygens (including phenoxy) is 2. The van der Waals surface area contributed by atoms with Gasteiger partial charge in [0.1, 0.15) is 17.0 Å². The zero-order chi connectivity index (χ0) is 13.3. The Hall–Kier alpha value is -2.37. The predicted octanol–water partition coefficient (Wildman–Crippen LogP) is 1.05. The molecule has 0 aromatic heterocycles. The highest BCUT2D eigenvalue weighted by molar-refractivity contribution is 6.49. The molecule has 0 bridgehead atoms. The number of rotatable bonds is 2. The zero-order valence-corrected chi connectivity index (χ0v) is 9.89. The molecule has 0 saturated heterocycles. The lowest BCUT2D eigenvalue weighted by atomic mass is 10.0. The van der Waals surface area contributed by atoms with Crippen LogP contribution in [0.2, 0.25) is 0 Å². The molecule has 0 unspecified atom stereocenters. The molecule has 0 heterocycles. The van der Waals surface area contributed by atoms with E-state index in [9.17, 15) is 9.59 Å². The van der Waals surface area contributed by atoms with E-state index in [2.05, 4.69) is 9.89 Å². The summed E-state index contributed by atoms with van der Waals surface area (Å²) in [6.07, 6.45) is 0.0896. The number of carbonyl (C=O) groups is 2. The average Bonchev–Trinajstić information content (AvgIpc) is 2.73. The predicted molar refractivity (Wildman–Crippen MR) is 61.6 cm³/mol. The van der Waals surface area contributed by atoms with E-state index < -0.39 is 5.97 Å². The van der Waals surface area contributed by atoms with Crippen molar-refractivity contribution in [3.05, 3.63) is 28.8 Å². The van der Waals surface area contributed by atoms with Crippen molar-refractivity contribution in [2.45, 2.75) is 6.42 Å². The van der Waals surface area contributed by atoms with Crippen LogP contribution in [0.4, 0.5) is 0 Å². The minimum absolute atomic E-state index is 0.00315. The van der Waals surface area contributed by atoms with Gasteiger partial charge in [0.25, 0.3) is 0 Å². The van der Waals surface area contributed by atoms with Crippen LogP contribution >= 0.6 is 0 Å². The monoisotopic (exact) mass is 249 g/mol. The molecule has 0 fully saturated rings. The van der Waals surface area contributed by atoms with Crippen LogP contribution in [0.15, 0.2) is 17.3 Å². The molecule has 1 aromatic carbocycles. The summed E-state index contributed by atoms with van der Waals surface area (Å²) in [5.74, 6) is -0.649. The molecule has 2 rings (SSSR count). The van der Waals surface area contributed by atoms with Crippen LogP contribution in [-0.4, -0.2) is 36.9 Å². The number of esters is 1. The number of ketones is 1. The first-order valence-electron chi connectivity index (χ1n) is 5.17. The minimum atomic E-state index is -0.587. The summed E-state index contributed by atoms with van der Waals surface area (Å²) in [4.78, 5) is 23.5. The number of hydrogen-bond acceptors (Lipinski definition) is 6. The Bertz CT molecular complexity index is 562. The molecule has 0 atom stereocenters. The molecule has 1 aromatic rings. The second-order valence-electron chi connectivity index (χ2n) is 3.71. The number of methoxy groups -OCH3 is 2. The van der Waals surface area contributed by atoms with Gasteiger partial charge in [-0.15, -0.1) is 0 Å². The van der Waals surface area contributed by atoms with E-state index in [1.54, 1.807) is 6.07 Å². The summed E-state index contributed by atoms with van der Waals surface area (Å²) in [6, 6.07) is 3.06. The van der Waals surface area contributed by atoms with Crippen molar-refractivity contribution in [2.24, 2.45) is 5.16 Å². The molecule has 0 spiro atoms. The average molecular weight is 249 g/mol.